The molecule has 1 N–H and O–H groups in total. The smallest absolute Gasteiger partial charge is 0.243 e. The van der Waals surface area contributed by atoms with E-state index in [1.54, 1.807) is 27.0 Å². The topological polar surface area (TPSA) is 86.8 Å². The van der Waals surface area contributed by atoms with Crippen molar-refractivity contribution >= 4 is 27.5 Å². The first-order valence-electron chi connectivity index (χ1n) is 9.69. The minimum absolute atomic E-state index is 0.0591. The van der Waals surface area contributed by atoms with E-state index in [-0.39, 0.29) is 23.4 Å². The lowest BCUT2D eigenvalue weighted by Gasteiger charge is -2.21. The molecule has 7 nitrogen and oxygen atoms in total. The predicted octanol–water partition coefficient (Wildman–Crippen LogP) is 2.44. The molecule has 2 aromatic carbocycles. The minimum Gasteiger partial charge on any atom is -0.348 e. The molecule has 0 unspecified atom stereocenters. The van der Waals surface area contributed by atoms with E-state index in [2.05, 4.69) is 5.32 Å². The minimum atomic E-state index is -3.90. The third-order valence-corrected chi connectivity index (χ3v) is 7.39. The van der Waals surface area contributed by atoms with Gasteiger partial charge in [0.05, 0.1) is 22.9 Å². The van der Waals surface area contributed by atoms with Crippen molar-refractivity contribution in [1.29, 1.82) is 0 Å². The fourth-order valence-corrected chi connectivity index (χ4v) is 4.85. The first-order valence-corrected chi connectivity index (χ1v) is 11.1. The van der Waals surface area contributed by atoms with Gasteiger partial charge in [-0.2, -0.15) is 4.31 Å². The van der Waals surface area contributed by atoms with Gasteiger partial charge < -0.3 is 10.2 Å². The van der Waals surface area contributed by atoms with Gasteiger partial charge in [-0.25, -0.2) is 8.42 Å². The number of fused-ring (bicyclic) bond motifs is 1. The van der Waals surface area contributed by atoms with Gasteiger partial charge in [-0.1, -0.05) is 30.3 Å². The van der Waals surface area contributed by atoms with E-state index in [4.69, 9.17) is 0 Å². The number of nitrogens with zero attached hydrogens (tertiary/aromatic N) is 2. The number of carbonyl (C=O) groups is 2. The van der Waals surface area contributed by atoms with Crippen LogP contribution in [0.2, 0.25) is 0 Å². The van der Waals surface area contributed by atoms with Crippen molar-refractivity contribution in [3.05, 3.63) is 59.7 Å². The van der Waals surface area contributed by atoms with Crippen molar-refractivity contribution < 1.29 is 18.0 Å². The number of likely N-dealkylation sites (N-methyl/N-ethyl adjacent to an activating group) is 2. The van der Waals surface area contributed by atoms with Crippen LogP contribution in [0.25, 0.3) is 0 Å². The van der Waals surface area contributed by atoms with E-state index in [0.717, 1.165) is 9.87 Å². The van der Waals surface area contributed by atoms with Crippen LogP contribution in [0.1, 0.15) is 37.9 Å². The zero-order chi connectivity index (χ0) is 22.3. The van der Waals surface area contributed by atoms with Crippen LogP contribution in [0.5, 0.6) is 0 Å². The third-order valence-electron chi connectivity index (χ3n) is 5.59. The molecule has 0 radical (unpaired) electrons. The Morgan fingerprint density at radius 2 is 1.80 bits per heavy atom. The molecular formula is C22H27N3O4S. The highest BCUT2D eigenvalue weighted by atomic mass is 32.2. The van der Waals surface area contributed by atoms with Crippen LogP contribution in [0.4, 0.5) is 5.69 Å². The van der Waals surface area contributed by atoms with Gasteiger partial charge in [0, 0.05) is 19.8 Å². The first-order chi connectivity index (χ1) is 14.0. The number of carbonyl (C=O) groups excluding carboxylic acids is 2. The number of sulfonamides is 1. The van der Waals surface area contributed by atoms with Gasteiger partial charge in [-0.05, 0) is 50.1 Å². The Morgan fingerprint density at radius 3 is 2.43 bits per heavy atom. The summed E-state index contributed by atoms with van der Waals surface area (Å²) in [6.07, 6.45) is 0. The highest BCUT2D eigenvalue weighted by Gasteiger charge is 2.43. The zero-order valence-electron chi connectivity index (χ0n) is 17.8. The maximum atomic E-state index is 13.0. The molecule has 30 heavy (non-hydrogen) atoms. The third kappa shape index (κ3) is 3.85. The standard InChI is InChI=1S/C22H27N3O4S/c1-15(16-9-7-6-8-10-16)23-20(26)14-24(4)30(28,29)17-11-12-19-18(13-17)22(2,3)21(27)25(19)5/h6-13,15H,14H2,1-5H3,(H,23,26)/t15-/m0/s1. The van der Waals surface area contributed by atoms with E-state index in [1.165, 1.54) is 24.1 Å². The largest absolute Gasteiger partial charge is 0.348 e. The summed E-state index contributed by atoms with van der Waals surface area (Å²) in [7, 11) is -0.851. The first kappa shape index (κ1) is 22.0. The highest BCUT2D eigenvalue weighted by molar-refractivity contribution is 7.89. The monoisotopic (exact) mass is 429 g/mol. The van der Waals surface area contributed by atoms with E-state index < -0.39 is 21.3 Å². The molecule has 1 aliphatic heterocycles. The average molecular weight is 430 g/mol. The van der Waals surface area contributed by atoms with Gasteiger partial charge in [0.2, 0.25) is 21.8 Å². The summed E-state index contributed by atoms with van der Waals surface area (Å²) < 4.78 is 27.1. The number of rotatable bonds is 6. The number of amides is 2. The molecule has 1 heterocycles. The molecule has 0 bridgehead atoms. The fourth-order valence-electron chi connectivity index (χ4n) is 3.69. The summed E-state index contributed by atoms with van der Waals surface area (Å²) in [6.45, 7) is 5.09. The molecule has 8 heteroatoms. The quantitative estimate of drug-likeness (QED) is 0.764. The number of anilines is 1. The SMILES string of the molecule is C[C@H](NC(=O)CN(C)S(=O)(=O)c1ccc2c(c1)C(C)(C)C(=O)N2C)c1ccccc1. The number of benzene rings is 2. The van der Waals surface area contributed by atoms with Crippen LogP contribution in [-0.4, -0.2) is 45.2 Å². The zero-order valence-corrected chi connectivity index (χ0v) is 18.7. The summed E-state index contributed by atoms with van der Waals surface area (Å²) in [4.78, 5) is 26.5. The van der Waals surface area contributed by atoms with E-state index in [1.807, 2.05) is 37.3 Å². The molecule has 0 spiro atoms. The van der Waals surface area contributed by atoms with Gasteiger partial charge in [0.25, 0.3) is 0 Å². The van der Waals surface area contributed by atoms with Gasteiger partial charge >= 0.3 is 0 Å². The summed E-state index contributed by atoms with van der Waals surface area (Å²) in [5.74, 6) is -0.483. The molecule has 0 saturated heterocycles. The van der Waals surface area contributed by atoms with E-state index in [0.29, 0.717) is 11.3 Å². The van der Waals surface area contributed by atoms with Crippen molar-refractivity contribution in [2.24, 2.45) is 0 Å². The molecule has 2 amide bonds. The Labute approximate surface area is 177 Å². The Hall–Kier alpha value is -2.71. The Balaban J connectivity index is 1.77. The molecule has 0 fully saturated rings. The van der Waals surface area contributed by atoms with E-state index >= 15 is 0 Å². The van der Waals surface area contributed by atoms with Crippen molar-refractivity contribution in [1.82, 2.24) is 9.62 Å². The molecule has 2 aromatic rings. The second-order valence-electron chi connectivity index (χ2n) is 8.13. The lowest BCUT2D eigenvalue weighted by atomic mass is 9.86. The van der Waals surface area contributed by atoms with Gasteiger partial charge in [-0.15, -0.1) is 0 Å². The number of hydrogen-bond donors (Lipinski definition) is 1. The highest BCUT2D eigenvalue weighted by Crippen LogP contribution is 2.41. The molecular weight excluding hydrogens is 402 g/mol. The number of hydrogen-bond acceptors (Lipinski definition) is 4. The van der Waals surface area contributed by atoms with Gasteiger partial charge in [-0.3, -0.25) is 9.59 Å². The Kier molecular flexibility index (Phi) is 5.75. The van der Waals surface area contributed by atoms with Crippen LogP contribution in [0.15, 0.2) is 53.4 Å². The predicted molar refractivity (Wildman–Crippen MR) is 116 cm³/mol. The van der Waals surface area contributed by atoms with Crippen LogP contribution < -0.4 is 10.2 Å². The average Bonchev–Trinajstić information content (AvgIpc) is 2.88. The second kappa shape index (κ2) is 7.85. The van der Waals surface area contributed by atoms with Crippen molar-refractivity contribution in [3.8, 4) is 0 Å². The summed E-state index contributed by atoms with van der Waals surface area (Å²) in [6, 6.07) is 13.9. The molecule has 0 aliphatic carbocycles. The normalized spacial score (nSPS) is 16.5. The van der Waals surface area contributed by atoms with Crippen molar-refractivity contribution in [3.63, 3.8) is 0 Å². The van der Waals surface area contributed by atoms with E-state index in [9.17, 15) is 18.0 Å². The van der Waals surface area contributed by atoms with Crippen LogP contribution in [0.3, 0.4) is 0 Å². The van der Waals surface area contributed by atoms with Crippen LogP contribution in [0, 0.1) is 0 Å². The second-order valence-corrected chi connectivity index (χ2v) is 10.2. The van der Waals surface area contributed by atoms with Crippen molar-refractivity contribution in [2.75, 3.05) is 25.5 Å². The maximum absolute atomic E-state index is 13.0. The lowest BCUT2D eigenvalue weighted by Crippen LogP contribution is -2.39. The summed E-state index contributed by atoms with van der Waals surface area (Å²) in [5, 5.41) is 2.82. The Morgan fingerprint density at radius 1 is 1.17 bits per heavy atom. The molecule has 1 aliphatic rings. The summed E-state index contributed by atoms with van der Waals surface area (Å²) >= 11 is 0. The molecule has 1 atom stereocenters. The van der Waals surface area contributed by atoms with Gasteiger partial charge in [0.15, 0.2) is 0 Å². The lowest BCUT2D eigenvalue weighted by molar-refractivity contribution is -0.122. The van der Waals surface area contributed by atoms with Crippen LogP contribution >= 0.6 is 0 Å². The van der Waals surface area contributed by atoms with Crippen LogP contribution in [-0.2, 0) is 25.0 Å². The molecule has 0 saturated carbocycles. The van der Waals surface area contributed by atoms with Crippen molar-refractivity contribution in [2.45, 2.75) is 37.1 Å². The Bertz CT molecular complexity index is 1080. The number of nitrogens with one attached hydrogen (secondary N) is 1. The molecule has 3 rings (SSSR count). The molecule has 0 aromatic heterocycles. The maximum Gasteiger partial charge on any atom is 0.243 e. The fraction of sp³-hybridized carbons (Fsp3) is 0.364. The molecule has 160 valence electrons. The van der Waals surface area contributed by atoms with Gasteiger partial charge in [0.1, 0.15) is 0 Å². The summed E-state index contributed by atoms with van der Waals surface area (Å²) in [5.41, 5.74) is 1.48.